The molecule has 1 aliphatic heterocycles. The third kappa shape index (κ3) is 4.23. The molecule has 0 radical (unpaired) electrons. The van der Waals surface area contributed by atoms with Gasteiger partial charge in [-0.25, -0.2) is 9.98 Å². The van der Waals surface area contributed by atoms with Crippen molar-refractivity contribution in [1.82, 2.24) is 10.3 Å². The molecule has 3 aromatic heterocycles. The van der Waals surface area contributed by atoms with Crippen LogP contribution in [-0.4, -0.2) is 16.7 Å². The van der Waals surface area contributed by atoms with E-state index in [1.165, 1.54) is 10.8 Å². The Morgan fingerprint density at radius 1 is 0.542 bits per heavy atom. The fraction of sp³-hybridized carbons (Fsp3) is 0.0238. The first-order chi connectivity index (χ1) is 23.8. The number of furan rings is 2. The number of nitrogens with one attached hydrogen (secondary N) is 1. The van der Waals surface area contributed by atoms with Gasteiger partial charge in [-0.1, -0.05) is 109 Å². The summed E-state index contributed by atoms with van der Waals surface area (Å²) in [6, 6.07) is 47.3. The first-order valence-electron chi connectivity index (χ1n) is 16.0. The Morgan fingerprint density at radius 3 is 2.19 bits per heavy atom. The fourth-order valence-electron chi connectivity index (χ4n) is 6.89. The molecule has 0 spiro atoms. The van der Waals surface area contributed by atoms with E-state index in [4.69, 9.17) is 23.8 Å². The number of pyridine rings is 1. The molecule has 1 aliphatic rings. The zero-order valence-corrected chi connectivity index (χ0v) is 25.6. The fourth-order valence-corrected chi connectivity index (χ4v) is 6.89. The summed E-state index contributed by atoms with van der Waals surface area (Å²) < 4.78 is 12.8. The van der Waals surface area contributed by atoms with E-state index >= 15 is 0 Å². The van der Waals surface area contributed by atoms with Gasteiger partial charge in [0, 0.05) is 50.5 Å². The number of hydrogen-bond acceptors (Lipinski definition) is 6. The van der Waals surface area contributed by atoms with Crippen LogP contribution in [0.15, 0.2) is 165 Å². The van der Waals surface area contributed by atoms with Gasteiger partial charge in [-0.15, -0.1) is 0 Å². The summed E-state index contributed by atoms with van der Waals surface area (Å²) in [5.74, 6) is 1.41. The van der Waals surface area contributed by atoms with Crippen molar-refractivity contribution >= 4 is 66.3 Å². The van der Waals surface area contributed by atoms with Crippen molar-refractivity contribution in [1.29, 1.82) is 0 Å². The third-order valence-electron chi connectivity index (χ3n) is 9.18. The van der Waals surface area contributed by atoms with E-state index in [9.17, 15) is 0 Å². The largest absolute Gasteiger partial charge is 0.456 e. The molecule has 10 rings (SSSR count). The molecule has 1 unspecified atom stereocenters. The van der Waals surface area contributed by atoms with Gasteiger partial charge in [0.1, 0.15) is 34.3 Å². The van der Waals surface area contributed by atoms with Crippen LogP contribution in [0.3, 0.4) is 0 Å². The Morgan fingerprint density at radius 2 is 1.31 bits per heavy atom. The zero-order valence-electron chi connectivity index (χ0n) is 25.6. The molecule has 6 nitrogen and oxygen atoms in total. The van der Waals surface area contributed by atoms with Crippen molar-refractivity contribution in [2.75, 3.05) is 0 Å². The van der Waals surface area contributed by atoms with Crippen molar-refractivity contribution in [2.45, 2.75) is 6.17 Å². The highest BCUT2D eigenvalue weighted by Gasteiger charge is 2.24. The topological polar surface area (TPSA) is 75.9 Å². The second-order valence-corrected chi connectivity index (χ2v) is 12.1. The quantitative estimate of drug-likeness (QED) is 0.213. The molecule has 0 saturated carbocycles. The lowest BCUT2D eigenvalue weighted by molar-refractivity contribution is 0.667. The normalized spacial score (nSPS) is 14.9. The van der Waals surface area contributed by atoms with Crippen molar-refractivity contribution in [2.24, 2.45) is 9.98 Å². The zero-order chi connectivity index (χ0) is 31.6. The molecule has 1 N–H and O–H groups in total. The monoisotopic (exact) mass is 618 g/mol. The Kier molecular flexibility index (Phi) is 5.84. The lowest BCUT2D eigenvalue weighted by Gasteiger charge is -2.24. The maximum absolute atomic E-state index is 6.48. The van der Waals surface area contributed by atoms with E-state index in [0.29, 0.717) is 5.84 Å². The molecule has 0 fully saturated rings. The molecule has 0 amide bonds. The number of rotatable bonds is 4. The van der Waals surface area contributed by atoms with Crippen LogP contribution in [0.1, 0.15) is 22.9 Å². The molecule has 226 valence electrons. The van der Waals surface area contributed by atoms with Gasteiger partial charge in [0.15, 0.2) is 5.84 Å². The maximum Gasteiger partial charge on any atom is 0.159 e. The second-order valence-electron chi connectivity index (χ2n) is 12.1. The summed E-state index contributed by atoms with van der Waals surface area (Å²) in [6.45, 7) is 0. The molecule has 48 heavy (non-hydrogen) atoms. The lowest BCUT2D eigenvalue weighted by Crippen LogP contribution is -2.33. The average Bonchev–Trinajstić information content (AvgIpc) is 3.73. The molecule has 6 aromatic carbocycles. The van der Waals surface area contributed by atoms with Crippen LogP contribution in [0.2, 0.25) is 0 Å². The number of amidine groups is 2. The molecule has 0 bridgehead atoms. The summed E-state index contributed by atoms with van der Waals surface area (Å²) >= 11 is 0. The first kappa shape index (κ1) is 26.7. The number of hydrogen-bond donors (Lipinski definition) is 1. The number of fused-ring (bicyclic) bond motifs is 8. The minimum atomic E-state index is -0.293. The van der Waals surface area contributed by atoms with E-state index in [1.807, 2.05) is 72.9 Å². The van der Waals surface area contributed by atoms with Crippen LogP contribution in [0.4, 0.5) is 0 Å². The Labute approximate surface area is 274 Å². The van der Waals surface area contributed by atoms with Crippen molar-refractivity contribution < 1.29 is 8.83 Å². The molecule has 4 heterocycles. The SMILES string of the molecule is c1ccc(C2=NC(c3ccccc3)NC(c3cccc4oc5cc(-c6ccc7c(c6)oc6ccc8ccccc8c67)ncc5c34)=N2)cc1. The van der Waals surface area contributed by atoms with Crippen LogP contribution >= 0.6 is 0 Å². The molecule has 0 aliphatic carbocycles. The van der Waals surface area contributed by atoms with Gasteiger partial charge < -0.3 is 14.2 Å². The van der Waals surface area contributed by atoms with Gasteiger partial charge in [-0.3, -0.25) is 4.98 Å². The Hall–Kier alpha value is -6.53. The predicted molar refractivity (Wildman–Crippen MR) is 194 cm³/mol. The highest BCUT2D eigenvalue weighted by Crippen LogP contribution is 2.38. The minimum Gasteiger partial charge on any atom is -0.456 e. The Bertz CT molecular complexity index is 2760. The molecule has 9 aromatic rings. The molecule has 6 heteroatoms. The van der Waals surface area contributed by atoms with Crippen LogP contribution < -0.4 is 5.32 Å². The van der Waals surface area contributed by atoms with Gasteiger partial charge in [0.25, 0.3) is 0 Å². The first-order valence-corrected chi connectivity index (χ1v) is 16.0. The van der Waals surface area contributed by atoms with Crippen LogP contribution in [0.5, 0.6) is 0 Å². The van der Waals surface area contributed by atoms with E-state index < -0.39 is 0 Å². The van der Waals surface area contributed by atoms with Gasteiger partial charge >= 0.3 is 0 Å². The van der Waals surface area contributed by atoms with E-state index in [0.717, 1.165) is 77.7 Å². The second kappa shape index (κ2) is 10.5. The predicted octanol–water partition coefficient (Wildman–Crippen LogP) is 10.2. The Balaban J connectivity index is 1.08. The van der Waals surface area contributed by atoms with Crippen molar-refractivity contribution in [3.05, 3.63) is 162 Å². The van der Waals surface area contributed by atoms with E-state index in [-0.39, 0.29) is 6.17 Å². The maximum atomic E-state index is 6.48. The summed E-state index contributed by atoms with van der Waals surface area (Å²) in [4.78, 5) is 15.0. The van der Waals surface area contributed by atoms with E-state index in [2.05, 4.69) is 78.1 Å². The molecular formula is C42H26N4O2. The van der Waals surface area contributed by atoms with Crippen molar-refractivity contribution in [3.8, 4) is 11.3 Å². The molecule has 1 atom stereocenters. The molecular weight excluding hydrogens is 592 g/mol. The van der Waals surface area contributed by atoms with Crippen LogP contribution in [-0.2, 0) is 0 Å². The standard InChI is InChI=1S/C42H26N4O2/c1-3-11-26(12-4-1)40-44-41(27-13-5-2-6-14-27)46-42(45-40)31-16-9-17-34-39(31)32-24-43-33(23-37(32)47-34)28-18-20-30-36(22-28)48-35-21-19-25-10-7-8-15-29(25)38(30)35/h1-24,40H,(H,44,45,46). The van der Waals surface area contributed by atoms with Gasteiger partial charge in [0.2, 0.25) is 0 Å². The van der Waals surface area contributed by atoms with Crippen molar-refractivity contribution in [3.63, 3.8) is 0 Å². The van der Waals surface area contributed by atoms with Crippen LogP contribution in [0, 0.1) is 0 Å². The smallest absolute Gasteiger partial charge is 0.159 e. The average molecular weight is 619 g/mol. The van der Waals surface area contributed by atoms with Gasteiger partial charge in [-0.2, -0.15) is 0 Å². The summed E-state index contributed by atoms with van der Waals surface area (Å²) in [7, 11) is 0. The van der Waals surface area contributed by atoms with Crippen LogP contribution in [0.25, 0.3) is 65.9 Å². The van der Waals surface area contributed by atoms with E-state index in [1.54, 1.807) is 0 Å². The summed E-state index contributed by atoms with van der Waals surface area (Å²) in [5, 5.41) is 10.1. The minimum absolute atomic E-state index is 0.293. The molecule has 0 saturated heterocycles. The number of aromatic nitrogens is 1. The van der Waals surface area contributed by atoms with Gasteiger partial charge in [-0.05, 0) is 40.6 Å². The number of benzene rings is 6. The number of nitrogens with zero attached hydrogens (tertiary/aromatic N) is 3. The lowest BCUT2D eigenvalue weighted by atomic mass is 10.0. The number of aliphatic imine (C=N–C) groups is 2. The highest BCUT2D eigenvalue weighted by molar-refractivity contribution is 6.22. The summed E-state index contributed by atoms with van der Waals surface area (Å²) in [5.41, 5.74) is 7.96. The third-order valence-corrected chi connectivity index (χ3v) is 9.18. The van der Waals surface area contributed by atoms with Gasteiger partial charge in [0.05, 0.1) is 5.69 Å². The highest BCUT2D eigenvalue weighted by atomic mass is 16.3. The summed E-state index contributed by atoms with van der Waals surface area (Å²) in [6.07, 6.45) is 1.61.